The third-order valence-corrected chi connectivity index (χ3v) is 0.534. The van der Waals surface area contributed by atoms with E-state index in [1.165, 1.54) is 4.90 Å². The van der Waals surface area contributed by atoms with Crippen LogP contribution in [0.25, 0.3) is 0 Å². The van der Waals surface area contributed by atoms with Crippen LogP contribution in [0.2, 0.25) is 0 Å². The normalized spacial score (nSPS) is 5.20. The van der Waals surface area contributed by atoms with Gasteiger partial charge in [0.2, 0.25) is 0 Å². The molecule has 4 nitrogen and oxygen atoms in total. The summed E-state index contributed by atoms with van der Waals surface area (Å²) in [7, 11) is 3.26. The van der Waals surface area contributed by atoms with Crippen LogP contribution in [0, 0.1) is 37.6 Å². The number of amides is 1. The van der Waals surface area contributed by atoms with Gasteiger partial charge < -0.3 is 40.0 Å². The minimum Gasteiger partial charge on any atom is -0.999 e. The third-order valence-electron chi connectivity index (χ3n) is 0.534. The van der Waals surface area contributed by atoms with E-state index in [0.29, 0.717) is 0 Å². The average molecular weight is 245 g/mol. The van der Waals surface area contributed by atoms with Gasteiger partial charge in [0.1, 0.15) is 0 Å². The van der Waals surface area contributed by atoms with Crippen LogP contribution < -0.4 is 0 Å². The molecule has 0 aliphatic rings. The molecule has 0 atom stereocenters. The van der Waals surface area contributed by atoms with Gasteiger partial charge in [-0.25, -0.2) is 0 Å². The number of rotatable bonds is 1. The van der Waals surface area contributed by atoms with Crippen molar-refractivity contribution in [2.24, 2.45) is 0 Å². The van der Waals surface area contributed by atoms with Crippen LogP contribution in [0.3, 0.4) is 0 Å². The van der Waals surface area contributed by atoms with Crippen LogP contribution in [-0.4, -0.2) is 25.4 Å². The van der Waals surface area contributed by atoms with Crippen LogP contribution in [-0.2, 0) is 31.2 Å². The van der Waals surface area contributed by atoms with Crippen molar-refractivity contribution in [3.05, 3.63) is 43.6 Å². The van der Waals surface area contributed by atoms with Crippen LogP contribution in [0.15, 0.2) is 6.07 Å². The first kappa shape index (κ1) is 23.6. The Balaban J connectivity index is -0.0000000580. The van der Waals surface area contributed by atoms with Crippen molar-refractivity contribution in [1.29, 1.82) is 0 Å². The minimum atomic E-state index is 0. The molecule has 0 N–H and O–H groups in total. The summed E-state index contributed by atoms with van der Waals surface area (Å²) in [6, 6.07) is 12.0. The number of hydrogen-bond donors (Lipinski definition) is 0. The van der Waals surface area contributed by atoms with Gasteiger partial charge in [0.25, 0.3) is 0 Å². The number of nitrogens with zero attached hydrogens (tertiary/aromatic N) is 1. The molecule has 0 spiro atoms. The zero-order chi connectivity index (χ0) is 11.8. The van der Waals surface area contributed by atoms with Crippen molar-refractivity contribution in [2.75, 3.05) is 14.1 Å². The molecule has 0 radical (unpaired) electrons. The second-order valence-electron chi connectivity index (χ2n) is 1.67. The molecule has 0 saturated heterocycles. The summed E-state index contributed by atoms with van der Waals surface area (Å²) in [5.41, 5.74) is 0. The van der Waals surface area contributed by atoms with Crippen LogP contribution >= 0.6 is 0 Å². The van der Waals surface area contributed by atoms with Crippen molar-refractivity contribution in [3.63, 3.8) is 0 Å². The summed E-state index contributed by atoms with van der Waals surface area (Å²) in [5.74, 6) is 0. The molecule has 0 bridgehead atoms. The van der Waals surface area contributed by atoms with Gasteiger partial charge >= 0.3 is 22.6 Å². The van der Waals surface area contributed by atoms with Crippen molar-refractivity contribution < 1.29 is 31.2 Å². The van der Waals surface area contributed by atoms with Crippen LogP contribution in [0.5, 0.6) is 0 Å². The second-order valence-corrected chi connectivity index (χ2v) is 1.67. The topological polar surface area (TPSA) is 60.1 Å². The molecule has 0 aromatic heterocycles. The zero-order valence-electron chi connectivity index (χ0n) is 8.10. The molecule has 0 aliphatic heterocycles. The van der Waals surface area contributed by atoms with Gasteiger partial charge in [0, 0.05) is 17.1 Å². The SMILES string of the molecule is CN(C)[C-]=O.[C-]#[O+].[C-]#[O+].[Fe].[c-]1[c-][c-][cH-][c-]1. The van der Waals surface area contributed by atoms with E-state index in [1.807, 2.05) is 0 Å². The summed E-state index contributed by atoms with van der Waals surface area (Å²) in [5, 5.41) is 0. The minimum absolute atomic E-state index is 0. The van der Waals surface area contributed by atoms with Crippen molar-refractivity contribution in [3.8, 4) is 0 Å². The smallest absolute Gasteiger partial charge is 0 e. The molecule has 0 aliphatic carbocycles. The van der Waals surface area contributed by atoms with Gasteiger partial charge in [-0.1, -0.05) is 0 Å². The Labute approximate surface area is 101 Å². The molecular formula is C10H7FeNO3-6. The van der Waals surface area contributed by atoms with Gasteiger partial charge in [-0.3, -0.25) is 0 Å². The monoisotopic (exact) mass is 245 g/mol. The Kier molecular flexibility index (Phi) is 46.0. The van der Waals surface area contributed by atoms with Gasteiger partial charge in [-0.2, -0.15) is 6.41 Å². The molecule has 15 heavy (non-hydrogen) atoms. The molecule has 84 valence electrons. The van der Waals surface area contributed by atoms with Crippen LogP contribution in [0.4, 0.5) is 0 Å². The number of hydrogen-bond acceptors (Lipinski definition) is 1. The third kappa shape index (κ3) is 44.3. The molecule has 5 heteroatoms. The molecule has 1 amide bonds. The fraction of sp³-hybridized carbons (Fsp3) is 0.200. The Hall–Kier alpha value is -1.18. The molecule has 0 fully saturated rings. The first-order valence-electron chi connectivity index (χ1n) is 3.06. The molecule has 1 aromatic rings. The maximum Gasteiger partial charge on any atom is 0 e. The van der Waals surface area contributed by atoms with E-state index in [0.717, 1.165) is 0 Å². The predicted molar refractivity (Wildman–Crippen MR) is 44.6 cm³/mol. The Bertz CT molecular complexity index is 194. The van der Waals surface area contributed by atoms with E-state index in [9.17, 15) is 4.79 Å². The molecule has 1 rings (SSSR count). The summed E-state index contributed by atoms with van der Waals surface area (Å²) in [6.07, 6.45) is 1.61. The summed E-state index contributed by atoms with van der Waals surface area (Å²) < 4.78 is 15.0. The first-order valence-corrected chi connectivity index (χ1v) is 3.06. The van der Waals surface area contributed by atoms with E-state index >= 15 is 0 Å². The summed E-state index contributed by atoms with van der Waals surface area (Å²) >= 11 is 0. The molecule has 1 aromatic carbocycles. The molecule has 0 heterocycles. The Morgan fingerprint density at radius 2 is 1.40 bits per heavy atom. The first-order chi connectivity index (χ1) is 6.77. The van der Waals surface area contributed by atoms with E-state index in [2.05, 4.69) is 37.6 Å². The Morgan fingerprint density at radius 3 is 1.47 bits per heavy atom. The van der Waals surface area contributed by atoms with Gasteiger partial charge in [0.15, 0.2) is 0 Å². The van der Waals surface area contributed by atoms with E-state index in [-0.39, 0.29) is 17.1 Å². The van der Waals surface area contributed by atoms with Crippen molar-refractivity contribution >= 4 is 6.41 Å². The fourth-order valence-corrected chi connectivity index (χ4v) is 0.180. The second kappa shape index (κ2) is 29.3. The van der Waals surface area contributed by atoms with E-state index in [4.69, 9.17) is 9.30 Å². The maximum absolute atomic E-state index is 9.31. The maximum atomic E-state index is 9.31. The number of carbonyl (C=O) groups excluding carboxylic acids is 1. The van der Waals surface area contributed by atoms with Gasteiger partial charge in [-0.05, 0) is 14.1 Å². The largest absolute Gasteiger partial charge is 0.999 e. The molecule has 0 unspecified atom stereocenters. The molecular weight excluding hydrogens is 238 g/mol. The van der Waals surface area contributed by atoms with Crippen molar-refractivity contribution in [2.45, 2.75) is 0 Å². The Morgan fingerprint density at radius 1 is 1.13 bits per heavy atom. The molecule has 0 saturated carbocycles. The van der Waals surface area contributed by atoms with E-state index in [1.54, 1.807) is 26.6 Å². The standard InChI is InChI=1S/C5H.C3H6NO.2CO.Fe/c1-2-4-5-3-1;1-4(2)3-5;2*1-2;/h1H;1-2H3;;;/q-5;-1;;;. The summed E-state index contributed by atoms with van der Waals surface area (Å²) in [6.45, 7) is 9.00. The van der Waals surface area contributed by atoms with Gasteiger partial charge in [-0.15, -0.1) is 0 Å². The zero-order valence-corrected chi connectivity index (χ0v) is 9.21. The predicted octanol–water partition coefficient (Wildman–Crippen LogP) is 0.144. The summed E-state index contributed by atoms with van der Waals surface area (Å²) in [4.78, 5) is 10.6. The van der Waals surface area contributed by atoms with Gasteiger partial charge in [0.05, 0.1) is 0 Å². The average Bonchev–Trinajstić information content (AvgIpc) is 2.82. The fourth-order valence-electron chi connectivity index (χ4n) is 0.180. The quantitative estimate of drug-likeness (QED) is 0.300. The van der Waals surface area contributed by atoms with Crippen molar-refractivity contribution in [1.82, 2.24) is 4.90 Å². The van der Waals surface area contributed by atoms with E-state index < -0.39 is 0 Å². The van der Waals surface area contributed by atoms with Crippen LogP contribution in [0.1, 0.15) is 0 Å².